The number of hydrogen-bond acceptors (Lipinski definition) is 4. The zero-order chi connectivity index (χ0) is 23.9. The number of benzene rings is 2. The molecule has 2 unspecified atom stereocenters. The molecule has 172 valence electrons. The summed E-state index contributed by atoms with van der Waals surface area (Å²) in [6.07, 6.45) is 2.58. The number of hydrogen-bond donors (Lipinski definition) is 1. The third kappa shape index (κ3) is 5.10. The summed E-state index contributed by atoms with van der Waals surface area (Å²) in [5.74, 6) is 3.12. The standard InChI is InChI=1S/C25H26ClNO3S2Si/c1-33(2,3)18-16-25(28)15-13-23(31-20-11-9-19(26)10-12-20)24-22(25)14-17-27(24)32(29,30)21-7-5-4-6-8-21/h4-12,14,17,23,28H,13,15H2,1-3H3. The summed E-state index contributed by atoms with van der Waals surface area (Å²) in [5, 5.41) is 12.1. The molecule has 8 heteroatoms. The van der Waals surface area contributed by atoms with Crippen LogP contribution in [0.3, 0.4) is 0 Å². The fourth-order valence-electron chi connectivity index (χ4n) is 3.83. The first-order valence-electron chi connectivity index (χ1n) is 10.7. The summed E-state index contributed by atoms with van der Waals surface area (Å²) in [6.45, 7) is 6.37. The third-order valence-corrected chi connectivity index (χ3v) is 9.56. The Morgan fingerprint density at radius 3 is 2.39 bits per heavy atom. The largest absolute Gasteiger partial charge is 0.373 e. The second kappa shape index (κ2) is 9.01. The van der Waals surface area contributed by atoms with E-state index in [9.17, 15) is 13.5 Å². The quantitative estimate of drug-likeness (QED) is 0.338. The van der Waals surface area contributed by atoms with E-state index in [-0.39, 0.29) is 10.1 Å². The number of aliphatic hydroxyl groups is 1. The van der Waals surface area contributed by atoms with Gasteiger partial charge < -0.3 is 5.11 Å². The van der Waals surface area contributed by atoms with Crippen LogP contribution in [0.2, 0.25) is 24.7 Å². The minimum absolute atomic E-state index is 0.163. The molecule has 1 aliphatic carbocycles. The highest BCUT2D eigenvalue weighted by molar-refractivity contribution is 7.99. The molecule has 0 fully saturated rings. The van der Waals surface area contributed by atoms with E-state index >= 15 is 0 Å². The molecule has 0 aliphatic heterocycles. The normalized spacial score (nSPS) is 20.6. The maximum Gasteiger partial charge on any atom is 0.267 e. The highest BCUT2D eigenvalue weighted by Crippen LogP contribution is 2.49. The molecule has 1 aliphatic rings. The zero-order valence-corrected chi connectivity index (χ0v) is 22.1. The minimum Gasteiger partial charge on any atom is -0.373 e. The van der Waals surface area contributed by atoms with Gasteiger partial charge in [-0.25, -0.2) is 12.4 Å². The van der Waals surface area contributed by atoms with Gasteiger partial charge in [-0.2, -0.15) is 0 Å². The van der Waals surface area contributed by atoms with Gasteiger partial charge in [0.25, 0.3) is 10.0 Å². The van der Waals surface area contributed by atoms with Crippen LogP contribution >= 0.6 is 23.4 Å². The summed E-state index contributed by atoms with van der Waals surface area (Å²) >= 11 is 7.62. The number of halogens is 1. The van der Waals surface area contributed by atoms with E-state index < -0.39 is 23.7 Å². The van der Waals surface area contributed by atoms with E-state index in [1.54, 1.807) is 54.4 Å². The summed E-state index contributed by atoms with van der Waals surface area (Å²) in [5.41, 5.74) is 3.07. The molecular weight excluding hydrogens is 490 g/mol. The number of thioether (sulfide) groups is 1. The van der Waals surface area contributed by atoms with Crippen molar-refractivity contribution in [3.8, 4) is 11.5 Å². The van der Waals surface area contributed by atoms with Crippen molar-refractivity contribution in [1.82, 2.24) is 3.97 Å². The first-order chi connectivity index (χ1) is 15.5. The SMILES string of the molecule is C[Si](C)(C)C#CC1(O)CCC(Sc2ccc(Cl)cc2)c2c1ccn2S(=O)(=O)c1ccccc1. The molecule has 0 spiro atoms. The molecule has 4 nitrogen and oxygen atoms in total. The maximum atomic E-state index is 13.6. The lowest BCUT2D eigenvalue weighted by atomic mass is 9.83. The zero-order valence-electron chi connectivity index (χ0n) is 18.7. The van der Waals surface area contributed by atoms with Crippen molar-refractivity contribution in [3.05, 3.63) is 83.1 Å². The van der Waals surface area contributed by atoms with Crippen molar-refractivity contribution in [2.75, 3.05) is 0 Å². The van der Waals surface area contributed by atoms with Crippen LogP contribution < -0.4 is 0 Å². The van der Waals surface area contributed by atoms with Gasteiger partial charge in [0.2, 0.25) is 0 Å². The lowest BCUT2D eigenvalue weighted by Gasteiger charge is -2.34. The van der Waals surface area contributed by atoms with Gasteiger partial charge >= 0.3 is 0 Å². The predicted molar refractivity (Wildman–Crippen MR) is 138 cm³/mol. The van der Waals surface area contributed by atoms with E-state index in [4.69, 9.17) is 11.6 Å². The molecule has 0 saturated heterocycles. The molecule has 0 radical (unpaired) electrons. The van der Waals surface area contributed by atoms with Crippen LogP contribution in [0.25, 0.3) is 0 Å². The maximum absolute atomic E-state index is 13.6. The summed E-state index contributed by atoms with van der Waals surface area (Å²) in [7, 11) is -5.57. The van der Waals surface area contributed by atoms with E-state index in [1.807, 2.05) is 24.3 Å². The van der Waals surface area contributed by atoms with E-state index in [0.717, 1.165) is 4.90 Å². The van der Waals surface area contributed by atoms with Gasteiger partial charge in [0.05, 0.1) is 15.8 Å². The van der Waals surface area contributed by atoms with Crippen LogP contribution in [-0.2, 0) is 15.6 Å². The van der Waals surface area contributed by atoms with Crippen molar-refractivity contribution >= 4 is 41.5 Å². The van der Waals surface area contributed by atoms with Crippen LogP contribution in [0.5, 0.6) is 0 Å². The average molecular weight is 516 g/mol. The average Bonchev–Trinajstić information content (AvgIpc) is 3.24. The highest BCUT2D eigenvalue weighted by Gasteiger charge is 2.42. The predicted octanol–water partition coefficient (Wildman–Crippen LogP) is 6.07. The first-order valence-corrected chi connectivity index (χ1v) is 16.9. The summed E-state index contributed by atoms with van der Waals surface area (Å²) in [4.78, 5) is 1.19. The van der Waals surface area contributed by atoms with E-state index in [2.05, 4.69) is 31.1 Å². The number of fused-ring (bicyclic) bond motifs is 1. The van der Waals surface area contributed by atoms with Crippen LogP contribution in [0, 0.1) is 11.5 Å². The van der Waals surface area contributed by atoms with Gasteiger partial charge in [0.15, 0.2) is 5.60 Å². The van der Waals surface area contributed by atoms with Crippen LogP contribution in [0.15, 0.2) is 76.7 Å². The molecule has 0 amide bonds. The fourth-order valence-corrected chi connectivity index (χ4v) is 7.25. The van der Waals surface area contributed by atoms with Crippen LogP contribution in [0.4, 0.5) is 0 Å². The van der Waals surface area contributed by atoms with Gasteiger partial charge in [-0.15, -0.1) is 17.3 Å². The van der Waals surface area contributed by atoms with Crippen LogP contribution in [0.1, 0.15) is 29.3 Å². The molecule has 0 saturated carbocycles. The fraction of sp³-hybridized carbons (Fsp3) is 0.280. The topological polar surface area (TPSA) is 59.3 Å². The molecule has 1 N–H and O–H groups in total. The Morgan fingerprint density at radius 1 is 1.09 bits per heavy atom. The molecule has 2 aromatic carbocycles. The van der Waals surface area contributed by atoms with Gasteiger partial charge in [-0.1, -0.05) is 55.4 Å². The molecule has 33 heavy (non-hydrogen) atoms. The Bertz CT molecular complexity index is 1320. The molecule has 1 aromatic heterocycles. The minimum atomic E-state index is -3.83. The Labute approximate surface area is 206 Å². The van der Waals surface area contributed by atoms with Crippen molar-refractivity contribution < 1.29 is 13.5 Å². The monoisotopic (exact) mass is 515 g/mol. The Kier molecular flexibility index (Phi) is 6.60. The van der Waals surface area contributed by atoms with Crippen molar-refractivity contribution in [2.24, 2.45) is 0 Å². The Morgan fingerprint density at radius 2 is 1.76 bits per heavy atom. The molecule has 1 heterocycles. The smallest absolute Gasteiger partial charge is 0.267 e. The number of nitrogens with zero attached hydrogens (tertiary/aromatic N) is 1. The molecule has 2 atom stereocenters. The lowest BCUT2D eigenvalue weighted by Crippen LogP contribution is -2.32. The van der Waals surface area contributed by atoms with Gasteiger partial charge in [0.1, 0.15) is 8.07 Å². The van der Waals surface area contributed by atoms with Gasteiger partial charge in [-0.3, -0.25) is 0 Å². The van der Waals surface area contributed by atoms with Crippen LogP contribution in [-0.4, -0.2) is 25.6 Å². The number of aromatic nitrogens is 1. The van der Waals surface area contributed by atoms with E-state index in [0.29, 0.717) is 29.1 Å². The Hall–Kier alpha value is -1.95. The lowest BCUT2D eigenvalue weighted by molar-refractivity contribution is 0.0798. The molecule has 4 rings (SSSR count). The van der Waals surface area contributed by atoms with E-state index in [1.165, 1.54) is 3.97 Å². The van der Waals surface area contributed by atoms with Gasteiger partial charge in [-0.05, 0) is 55.3 Å². The molecular formula is C25H26ClNO3S2Si. The number of rotatable bonds is 4. The van der Waals surface area contributed by atoms with Crippen molar-refractivity contribution in [3.63, 3.8) is 0 Å². The summed E-state index contributed by atoms with van der Waals surface area (Å²) < 4.78 is 28.5. The van der Waals surface area contributed by atoms with Crippen molar-refractivity contribution in [2.45, 2.75) is 53.1 Å². The second-order valence-electron chi connectivity index (χ2n) is 9.19. The molecule has 0 bridgehead atoms. The van der Waals surface area contributed by atoms with Gasteiger partial charge in [0, 0.05) is 21.7 Å². The second-order valence-corrected chi connectivity index (χ2v) is 17.5. The third-order valence-electron chi connectivity index (χ3n) is 5.45. The molecule has 3 aromatic rings. The highest BCUT2D eigenvalue weighted by atomic mass is 35.5. The first kappa shape index (κ1) is 24.2. The van der Waals surface area contributed by atoms with Crippen molar-refractivity contribution in [1.29, 1.82) is 0 Å². The Balaban J connectivity index is 1.85. The summed E-state index contributed by atoms with van der Waals surface area (Å²) in [6, 6.07) is 17.6.